The summed E-state index contributed by atoms with van der Waals surface area (Å²) in [6.45, 7) is 3.74. The number of fused-ring (bicyclic) bond motifs is 4. The summed E-state index contributed by atoms with van der Waals surface area (Å²) in [5.74, 6) is -1.43. The van der Waals surface area contributed by atoms with Crippen molar-refractivity contribution in [2.75, 3.05) is 0 Å². The van der Waals surface area contributed by atoms with Gasteiger partial charge in [-0.2, -0.15) is 5.26 Å². The van der Waals surface area contributed by atoms with Crippen molar-refractivity contribution in [1.82, 2.24) is 0 Å². The molecular formula is C21H15NO2. The Hall–Kier alpha value is -2.99. The van der Waals surface area contributed by atoms with E-state index in [1.807, 2.05) is 50.2 Å². The van der Waals surface area contributed by atoms with Gasteiger partial charge in [-0.1, -0.05) is 48.9 Å². The van der Waals surface area contributed by atoms with E-state index in [4.69, 9.17) is 0 Å². The van der Waals surface area contributed by atoms with Crippen LogP contribution < -0.4 is 10.4 Å². The number of carbonyl (C=O) groups excluding carboxylic acids is 2. The van der Waals surface area contributed by atoms with Crippen LogP contribution in [0.1, 0.15) is 35.7 Å². The first-order chi connectivity index (χ1) is 11.5. The lowest BCUT2D eigenvalue weighted by Gasteiger charge is -2.25. The average molecular weight is 313 g/mol. The first kappa shape index (κ1) is 14.6. The molecule has 2 unspecified atom stereocenters. The van der Waals surface area contributed by atoms with Gasteiger partial charge in [-0.05, 0) is 39.4 Å². The van der Waals surface area contributed by atoms with Gasteiger partial charge in [-0.25, -0.2) is 0 Å². The van der Waals surface area contributed by atoms with Crippen molar-refractivity contribution in [2.24, 2.45) is 5.92 Å². The number of nitrogens with zero attached hydrogens (tertiary/aromatic N) is 1. The second-order valence-corrected chi connectivity index (χ2v) is 6.41. The van der Waals surface area contributed by atoms with E-state index in [9.17, 15) is 14.9 Å². The number of ketones is 2. The van der Waals surface area contributed by atoms with Crippen molar-refractivity contribution in [3.05, 3.63) is 68.4 Å². The van der Waals surface area contributed by atoms with Crippen molar-refractivity contribution < 1.29 is 9.59 Å². The number of carbonyl (C=O) groups is 2. The van der Waals surface area contributed by atoms with Crippen LogP contribution in [0.4, 0.5) is 0 Å². The van der Waals surface area contributed by atoms with Crippen LogP contribution in [0, 0.1) is 27.7 Å². The van der Waals surface area contributed by atoms with Crippen molar-refractivity contribution in [3.8, 4) is 6.07 Å². The van der Waals surface area contributed by atoms with Crippen LogP contribution in [0.15, 0.2) is 36.4 Å². The second kappa shape index (κ2) is 5.01. The lowest BCUT2D eigenvalue weighted by Crippen LogP contribution is -2.35. The monoisotopic (exact) mass is 313 g/mol. The van der Waals surface area contributed by atoms with Gasteiger partial charge in [0.1, 0.15) is 5.92 Å². The summed E-state index contributed by atoms with van der Waals surface area (Å²) >= 11 is 0. The lowest BCUT2D eigenvalue weighted by molar-refractivity contribution is -0.121. The van der Waals surface area contributed by atoms with Crippen LogP contribution in [0.3, 0.4) is 0 Å². The highest BCUT2D eigenvalue weighted by molar-refractivity contribution is 6.19. The van der Waals surface area contributed by atoms with Gasteiger partial charge in [-0.3, -0.25) is 9.59 Å². The fourth-order valence-corrected chi connectivity index (χ4v) is 3.80. The van der Waals surface area contributed by atoms with Gasteiger partial charge in [0.15, 0.2) is 11.6 Å². The number of hydrogen-bond donors (Lipinski definition) is 0. The largest absolute Gasteiger partial charge is 0.297 e. The summed E-state index contributed by atoms with van der Waals surface area (Å²) < 4.78 is 0. The Bertz CT molecular complexity index is 1180. The summed E-state index contributed by atoms with van der Waals surface area (Å²) in [5, 5.41) is 13.1. The maximum atomic E-state index is 12.8. The molecule has 2 aliphatic rings. The summed E-state index contributed by atoms with van der Waals surface area (Å²) in [7, 11) is 0. The van der Waals surface area contributed by atoms with E-state index in [0.29, 0.717) is 11.1 Å². The van der Waals surface area contributed by atoms with E-state index in [-0.39, 0.29) is 17.5 Å². The molecule has 116 valence electrons. The number of benzene rings is 2. The van der Waals surface area contributed by atoms with E-state index in [2.05, 4.69) is 6.07 Å². The van der Waals surface area contributed by atoms with E-state index < -0.39 is 5.92 Å². The Morgan fingerprint density at radius 3 is 2.46 bits per heavy atom. The second-order valence-electron chi connectivity index (χ2n) is 6.41. The molecular weight excluding hydrogens is 298 g/mol. The first-order valence-electron chi connectivity index (χ1n) is 7.97. The minimum Gasteiger partial charge on any atom is -0.297 e. The number of hydrogen-bond acceptors (Lipinski definition) is 3. The Morgan fingerprint density at radius 2 is 1.71 bits per heavy atom. The van der Waals surface area contributed by atoms with Crippen LogP contribution >= 0.6 is 0 Å². The quantitative estimate of drug-likeness (QED) is 0.747. The number of Topliss-reactive ketones (excluding diaryl/α,β-unsaturated/α-hetero) is 2. The van der Waals surface area contributed by atoms with Crippen LogP contribution in [0.2, 0.25) is 0 Å². The minimum absolute atomic E-state index is 0.123. The fraction of sp³-hybridized carbons (Fsp3) is 0.190. The third-order valence-corrected chi connectivity index (χ3v) is 5.23. The normalized spacial score (nSPS) is 21.3. The van der Waals surface area contributed by atoms with Crippen molar-refractivity contribution >= 4 is 23.2 Å². The average Bonchev–Trinajstić information content (AvgIpc) is 2.60. The molecule has 0 spiro atoms. The van der Waals surface area contributed by atoms with E-state index >= 15 is 0 Å². The third-order valence-electron chi connectivity index (χ3n) is 5.23. The molecule has 2 aromatic rings. The number of rotatable bonds is 0. The smallest absolute Gasteiger partial charge is 0.187 e. The zero-order valence-corrected chi connectivity index (χ0v) is 13.5. The van der Waals surface area contributed by atoms with Gasteiger partial charge in [0.25, 0.3) is 0 Å². The summed E-state index contributed by atoms with van der Waals surface area (Å²) in [6.07, 6.45) is 1.60. The highest BCUT2D eigenvalue weighted by atomic mass is 16.1. The number of nitriles is 1. The van der Waals surface area contributed by atoms with Gasteiger partial charge >= 0.3 is 0 Å². The predicted molar refractivity (Wildman–Crippen MR) is 90.2 cm³/mol. The molecule has 0 N–H and O–H groups in total. The highest BCUT2D eigenvalue weighted by Gasteiger charge is 2.35. The maximum Gasteiger partial charge on any atom is 0.187 e. The van der Waals surface area contributed by atoms with Gasteiger partial charge in [0.2, 0.25) is 0 Å². The van der Waals surface area contributed by atoms with Gasteiger partial charge in [0.05, 0.1) is 6.07 Å². The van der Waals surface area contributed by atoms with E-state index in [0.717, 1.165) is 26.4 Å². The molecule has 0 radical (unpaired) electrons. The fourth-order valence-electron chi connectivity index (χ4n) is 3.80. The molecule has 0 saturated carbocycles. The highest BCUT2D eigenvalue weighted by Crippen LogP contribution is 2.30. The molecule has 0 fully saturated rings. The van der Waals surface area contributed by atoms with Crippen LogP contribution in [0.25, 0.3) is 11.6 Å². The summed E-state index contributed by atoms with van der Waals surface area (Å²) in [6, 6.07) is 13.7. The van der Waals surface area contributed by atoms with Crippen molar-refractivity contribution in [3.63, 3.8) is 0 Å². The maximum absolute atomic E-state index is 12.8. The molecule has 0 amide bonds. The molecule has 2 aromatic carbocycles. The molecule has 0 bridgehead atoms. The molecule has 2 atom stereocenters. The summed E-state index contributed by atoms with van der Waals surface area (Å²) in [4.78, 5) is 25.4. The molecule has 0 heterocycles. The molecule has 3 heteroatoms. The topological polar surface area (TPSA) is 57.9 Å². The van der Waals surface area contributed by atoms with E-state index in [1.165, 1.54) is 0 Å². The zero-order chi connectivity index (χ0) is 17.0. The Balaban J connectivity index is 2.31. The predicted octanol–water partition coefficient (Wildman–Crippen LogP) is 1.95. The molecule has 3 nitrogen and oxygen atoms in total. The standard InChI is InChI=1S/C21H15NO2/c1-11-12(2)21(24)17(10-22)19-14(11)7-8-16-15-6-4-3-5-13(15)9-18(23)20(16)19/h3-9,12,17H,1-2H3. The van der Waals surface area contributed by atoms with E-state index in [1.54, 1.807) is 6.08 Å². The van der Waals surface area contributed by atoms with Crippen molar-refractivity contribution in [2.45, 2.75) is 19.8 Å². The Labute approximate surface area is 138 Å². The Morgan fingerprint density at radius 1 is 1.00 bits per heavy atom. The summed E-state index contributed by atoms with van der Waals surface area (Å²) in [5.41, 5.74) is 2.03. The van der Waals surface area contributed by atoms with Gasteiger partial charge < -0.3 is 0 Å². The minimum atomic E-state index is -0.878. The van der Waals surface area contributed by atoms with Crippen molar-refractivity contribution in [1.29, 1.82) is 5.26 Å². The Kier molecular flexibility index (Phi) is 3.04. The SMILES string of the molecule is CC1=c2ccc3c(c2C(C#N)C(=O)C1C)C(=O)C=c1ccccc1=3. The van der Waals surface area contributed by atoms with Crippen LogP contribution in [-0.4, -0.2) is 11.6 Å². The van der Waals surface area contributed by atoms with Gasteiger partial charge in [-0.15, -0.1) is 0 Å². The molecule has 0 aromatic heterocycles. The molecule has 0 aliphatic heterocycles. The third kappa shape index (κ3) is 1.77. The zero-order valence-electron chi connectivity index (χ0n) is 13.5. The van der Waals surface area contributed by atoms with Crippen LogP contribution in [-0.2, 0) is 4.79 Å². The van der Waals surface area contributed by atoms with Crippen LogP contribution in [0.5, 0.6) is 0 Å². The molecule has 4 rings (SSSR count). The lowest BCUT2D eigenvalue weighted by atomic mass is 9.75. The molecule has 24 heavy (non-hydrogen) atoms. The molecule has 0 saturated heterocycles. The first-order valence-corrected chi connectivity index (χ1v) is 7.97. The van der Waals surface area contributed by atoms with Gasteiger partial charge in [0, 0.05) is 11.5 Å². The molecule has 2 aliphatic carbocycles.